The number of carboxylic acid groups (broad SMARTS) is 1. The van der Waals surface area contributed by atoms with E-state index < -0.39 is 54.4 Å². The molecule has 0 heterocycles. The van der Waals surface area contributed by atoms with E-state index in [1.54, 1.807) is 0 Å². The minimum Gasteiger partial charge on any atom is -0.508 e. The summed E-state index contributed by atoms with van der Waals surface area (Å²) in [6.07, 6.45) is -1.88. The highest BCUT2D eigenvalue weighted by atomic mass is 16.5. The summed E-state index contributed by atoms with van der Waals surface area (Å²) in [6.45, 7) is 1.28. The number of benzene rings is 1. The average molecular weight is 411 g/mol. The van der Waals surface area contributed by atoms with Crippen LogP contribution in [-0.4, -0.2) is 70.4 Å². The van der Waals surface area contributed by atoms with Crippen LogP contribution >= 0.6 is 0 Å². The molecule has 0 bridgehead atoms. The molecule has 0 fully saturated rings. The lowest BCUT2D eigenvalue weighted by atomic mass is 10.0. The summed E-state index contributed by atoms with van der Waals surface area (Å²) in [4.78, 5) is 47.7. The van der Waals surface area contributed by atoms with Crippen molar-refractivity contribution in [1.29, 1.82) is 0 Å². The summed E-state index contributed by atoms with van der Waals surface area (Å²) in [6, 6.07) is 1.55. The number of carbonyl (C=O) groups excluding carboxylic acids is 3. The van der Waals surface area contributed by atoms with Crippen LogP contribution in [0.2, 0.25) is 0 Å². The highest BCUT2D eigenvalue weighted by molar-refractivity contribution is 5.94. The number of nitrogens with one attached hydrogen (secondary N) is 2. The minimum absolute atomic E-state index is 0.0000320. The van der Waals surface area contributed by atoms with E-state index >= 15 is 0 Å². The van der Waals surface area contributed by atoms with Crippen molar-refractivity contribution < 1.29 is 39.2 Å². The Morgan fingerprint density at radius 2 is 1.62 bits per heavy atom. The molecule has 0 aliphatic rings. The van der Waals surface area contributed by atoms with E-state index in [0.29, 0.717) is 5.56 Å². The number of carbonyl (C=O) groups is 4. The van der Waals surface area contributed by atoms with Gasteiger partial charge in [0.2, 0.25) is 11.8 Å². The molecule has 0 aliphatic carbocycles. The van der Waals surface area contributed by atoms with Gasteiger partial charge < -0.3 is 36.4 Å². The molecule has 11 heteroatoms. The lowest BCUT2D eigenvalue weighted by Gasteiger charge is -2.23. The third kappa shape index (κ3) is 7.76. The van der Waals surface area contributed by atoms with Gasteiger partial charge in [-0.2, -0.15) is 0 Å². The molecule has 2 amide bonds. The maximum atomic E-state index is 12.5. The predicted molar refractivity (Wildman–Crippen MR) is 99.6 cm³/mol. The number of carboxylic acids is 1. The van der Waals surface area contributed by atoms with Crippen molar-refractivity contribution >= 4 is 23.8 Å². The highest BCUT2D eigenvalue weighted by Gasteiger charge is 2.31. The van der Waals surface area contributed by atoms with Gasteiger partial charge >= 0.3 is 11.9 Å². The lowest BCUT2D eigenvalue weighted by molar-refractivity contribution is -0.145. The number of phenolic OH excluding ortho intramolecular Hbond substituents is 1. The van der Waals surface area contributed by atoms with Crippen LogP contribution < -0.4 is 16.4 Å². The Kier molecular flexibility index (Phi) is 9.03. The first-order chi connectivity index (χ1) is 13.5. The Morgan fingerprint density at radius 1 is 1.07 bits per heavy atom. The number of hydrogen-bond donors (Lipinski definition) is 6. The van der Waals surface area contributed by atoms with E-state index in [0.717, 1.165) is 7.11 Å². The molecular weight excluding hydrogens is 386 g/mol. The van der Waals surface area contributed by atoms with Gasteiger partial charge in [0, 0.05) is 6.42 Å². The fourth-order valence-electron chi connectivity index (χ4n) is 2.29. The molecule has 1 aromatic carbocycles. The zero-order chi connectivity index (χ0) is 22.1. The van der Waals surface area contributed by atoms with E-state index in [2.05, 4.69) is 15.4 Å². The van der Waals surface area contributed by atoms with E-state index in [-0.39, 0.29) is 12.2 Å². The molecule has 29 heavy (non-hydrogen) atoms. The molecule has 7 N–H and O–H groups in total. The van der Waals surface area contributed by atoms with Crippen molar-refractivity contribution in [2.75, 3.05) is 7.11 Å². The van der Waals surface area contributed by atoms with Crippen LogP contribution in [0.4, 0.5) is 0 Å². The standard InChI is InChI=1S/C18H25N3O8/c1-9(22)15(19)17(26)20-12(8-14(24)29-2)16(25)21-13(18(27)28)7-10-3-5-11(23)6-4-10/h3-6,9,12-13,15,22-23H,7-8,19H2,1-2H3,(H,20,26)(H,21,25)(H,27,28)/t9-,12+,13+,15+/m1/s1. The Bertz CT molecular complexity index is 735. The van der Waals surface area contributed by atoms with Crippen LogP contribution in [-0.2, 0) is 30.3 Å². The second-order valence-electron chi connectivity index (χ2n) is 6.38. The quantitative estimate of drug-likeness (QED) is 0.243. The van der Waals surface area contributed by atoms with Gasteiger partial charge in [0.25, 0.3) is 0 Å². The maximum Gasteiger partial charge on any atom is 0.326 e. The van der Waals surface area contributed by atoms with E-state index in [4.69, 9.17) is 5.73 Å². The predicted octanol–water partition coefficient (Wildman–Crippen LogP) is -1.74. The smallest absolute Gasteiger partial charge is 0.326 e. The number of aromatic hydroxyl groups is 1. The van der Waals surface area contributed by atoms with Crippen LogP contribution in [0, 0.1) is 0 Å². The molecule has 1 rings (SSSR count). The Labute approximate surface area is 166 Å². The van der Waals surface area contributed by atoms with Gasteiger partial charge in [0.1, 0.15) is 23.9 Å². The third-order valence-corrected chi connectivity index (χ3v) is 4.04. The molecule has 160 valence electrons. The van der Waals surface area contributed by atoms with Crippen LogP contribution in [0.15, 0.2) is 24.3 Å². The first-order valence-electron chi connectivity index (χ1n) is 8.67. The summed E-state index contributed by atoms with van der Waals surface area (Å²) in [5, 5.41) is 32.6. The molecule has 4 atom stereocenters. The number of ether oxygens (including phenoxy) is 1. The maximum absolute atomic E-state index is 12.5. The fraction of sp³-hybridized carbons (Fsp3) is 0.444. The molecule has 1 aromatic rings. The number of phenols is 1. The molecule has 0 unspecified atom stereocenters. The Morgan fingerprint density at radius 3 is 2.10 bits per heavy atom. The highest BCUT2D eigenvalue weighted by Crippen LogP contribution is 2.12. The number of hydrogen-bond acceptors (Lipinski definition) is 8. The lowest BCUT2D eigenvalue weighted by Crippen LogP contribution is -2.57. The van der Waals surface area contributed by atoms with Gasteiger partial charge in [-0.3, -0.25) is 14.4 Å². The van der Waals surface area contributed by atoms with Gasteiger partial charge in [-0.15, -0.1) is 0 Å². The Balaban J connectivity index is 2.93. The topological polar surface area (TPSA) is 188 Å². The average Bonchev–Trinajstić information content (AvgIpc) is 2.67. The van der Waals surface area contributed by atoms with Gasteiger partial charge in [-0.05, 0) is 24.6 Å². The number of nitrogens with two attached hydrogens (primary N) is 1. The summed E-state index contributed by atoms with van der Waals surface area (Å²) >= 11 is 0. The van der Waals surface area contributed by atoms with Crippen molar-refractivity contribution in [2.45, 2.75) is 44.0 Å². The van der Waals surface area contributed by atoms with Crippen LogP contribution in [0.1, 0.15) is 18.9 Å². The van der Waals surface area contributed by atoms with Gasteiger partial charge in [-0.1, -0.05) is 12.1 Å². The number of aliphatic hydroxyl groups excluding tert-OH is 1. The number of aliphatic carboxylic acids is 1. The Hall–Kier alpha value is -3.18. The van der Waals surface area contributed by atoms with Crippen molar-refractivity contribution in [3.05, 3.63) is 29.8 Å². The molecule has 0 saturated carbocycles. The first kappa shape index (κ1) is 23.9. The zero-order valence-electron chi connectivity index (χ0n) is 16.0. The molecule has 11 nitrogen and oxygen atoms in total. The van der Waals surface area contributed by atoms with Gasteiger partial charge in [-0.25, -0.2) is 4.79 Å². The molecule has 0 aliphatic heterocycles. The van der Waals surface area contributed by atoms with E-state index in [9.17, 15) is 34.5 Å². The second-order valence-corrected chi connectivity index (χ2v) is 6.38. The van der Waals surface area contributed by atoms with Gasteiger partial charge in [0.05, 0.1) is 19.6 Å². The third-order valence-electron chi connectivity index (χ3n) is 4.04. The summed E-state index contributed by atoms with van der Waals surface area (Å²) in [5.74, 6) is -3.99. The number of methoxy groups -OCH3 is 1. The van der Waals surface area contributed by atoms with Crippen LogP contribution in [0.25, 0.3) is 0 Å². The number of aliphatic hydroxyl groups is 1. The second kappa shape index (κ2) is 11.0. The fourth-order valence-corrected chi connectivity index (χ4v) is 2.29. The molecule has 0 spiro atoms. The molecule has 0 aromatic heterocycles. The van der Waals surface area contributed by atoms with Crippen molar-refractivity contribution in [3.63, 3.8) is 0 Å². The summed E-state index contributed by atoms with van der Waals surface area (Å²) in [5.41, 5.74) is 6.04. The zero-order valence-corrected chi connectivity index (χ0v) is 16.0. The largest absolute Gasteiger partial charge is 0.508 e. The SMILES string of the molecule is COC(=O)C[C@H](NC(=O)[C@@H](N)[C@@H](C)O)C(=O)N[C@@H](Cc1ccc(O)cc1)C(=O)O. The van der Waals surface area contributed by atoms with Crippen LogP contribution in [0.3, 0.4) is 0 Å². The van der Waals surface area contributed by atoms with Crippen molar-refractivity contribution in [1.82, 2.24) is 10.6 Å². The summed E-state index contributed by atoms with van der Waals surface area (Å²) in [7, 11) is 1.09. The van der Waals surface area contributed by atoms with E-state index in [1.807, 2.05) is 0 Å². The number of amides is 2. The molecular formula is C18H25N3O8. The minimum atomic E-state index is -1.46. The monoisotopic (exact) mass is 411 g/mol. The van der Waals surface area contributed by atoms with E-state index in [1.165, 1.54) is 31.2 Å². The van der Waals surface area contributed by atoms with Crippen LogP contribution in [0.5, 0.6) is 5.75 Å². The number of rotatable bonds is 10. The van der Waals surface area contributed by atoms with Crippen molar-refractivity contribution in [2.24, 2.45) is 5.73 Å². The van der Waals surface area contributed by atoms with Gasteiger partial charge in [0.15, 0.2) is 0 Å². The number of esters is 1. The first-order valence-corrected chi connectivity index (χ1v) is 8.67. The van der Waals surface area contributed by atoms with Crippen molar-refractivity contribution in [3.8, 4) is 5.75 Å². The normalized spacial score (nSPS) is 14.8. The molecule has 0 radical (unpaired) electrons. The molecule has 0 saturated heterocycles. The summed E-state index contributed by atoms with van der Waals surface area (Å²) < 4.78 is 4.49.